The second-order valence-electron chi connectivity index (χ2n) is 9.67. The molecule has 3 saturated carbocycles. The first kappa shape index (κ1) is 20.2. The van der Waals surface area contributed by atoms with Gasteiger partial charge in [0.1, 0.15) is 30.9 Å². The van der Waals surface area contributed by atoms with Crippen LogP contribution in [-0.4, -0.2) is 68.6 Å². The maximum atomic E-state index is 13.2. The molecule has 2 heterocycles. The Hall–Kier alpha value is -1.67. The smallest absolute Gasteiger partial charge is 0.362 e. The molecule has 6 unspecified atom stereocenters. The highest BCUT2D eigenvalue weighted by Gasteiger charge is 2.70. The van der Waals surface area contributed by atoms with Crippen LogP contribution in [0.4, 0.5) is 0 Å². The van der Waals surface area contributed by atoms with Crippen LogP contribution < -0.4 is 4.90 Å². The van der Waals surface area contributed by atoms with Crippen molar-refractivity contribution in [3.63, 3.8) is 0 Å². The van der Waals surface area contributed by atoms with E-state index in [1.165, 1.54) is 0 Å². The number of nitrogens with one attached hydrogen (secondary N) is 1. The summed E-state index contributed by atoms with van der Waals surface area (Å²) >= 11 is 0. The van der Waals surface area contributed by atoms with Gasteiger partial charge in [0.2, 0.25) is 0 Å². The van der Waals surface area contributed by atoms with E-state index >= 15 is 0 Å². The summed E-state index contributed by atoms with van der Waals surface area (Å²) < 4.78 is 22.8. The van der Waals surface area contributed by atoms with Gasteiger partial charge in [0.05, 0.1) is 25.0 Å². The first-order chi connectivity index (χ1) is 14.5. The summed E-state index contributed by atoms with van der Waals surface area (Å²) in [6.07, 6.45) is 4.42. The lowest BCUT2D eigenvalue weighted by atomic mass is 9.78. The predicted molar refractivity (Wildman–Crippen MR) is 102 cm³/mol. The molecule has 6 atom stereocenters. The van der Waals surface area contributed by atoms with Crippen LogP contribution in [0.25, 0.3) is 0 Å². The molecule has 0 amide bonds. The number of carbonyl (C=O) groups excluding carboxylic acids is 3. The van der Waals surface area contributed by atoms with Gasteiger partial charge in [0.15, 0.2) is 6.54 Å². The van der Waals surface area contributed by atoms with Gasteiger partial charge in [0.25, 0.3) is 0 Å². The molecule has 3 aliphatic carbocycles. The molecule has 1 N–H and O–H groups in total. The van der Waals surface area contributed by atoms with E-state index in [2.05, 4.69) is 6.92 Å². The number of esters is 3. The molecule has 0 aromatic heterocycles. The second-order valence-corrected chi connectivity index (χ2v) is 9.67. The fraction of sp³-hybridized carbons (Fsp3) is 0.864. The van der Waals surface area contributed by atoms with Gasteiger partial charge >= 0.3 is 17.9 Å². The van der Waals surface area contributed by atoms with Gasteiger partial charge in [-0.2, -0.15) is 0 Å². The SMILES string of the molecule is CCC1(OC(=O)C2C3CC4C(OC(=O)C42)C3OC(=O)C[NH+]2CCOCC2)CCCC1. The standard InChI is InChI=1S/C22H31NO7/c1-2-22(5-3-4-6-22)30-21(26)17-14-11-13-16(17)20(25)29-19(13)18(14)28-15(24)12-23-7-9-27-10-8-23/h13-14,16-19H,2-12H2,1H3/p+1. The van der Waals surface area contributed by atoms with Gasteiger partial charge in [-0.3, -0.25) is 9.59 Å². The van der Waals surface area contributed by atoms with Crippen LogP contribution in [0.2, 0.25) is 0 Å². The summed E-state index contributed by atoms with van der Waals surface area (Å²) in [7, 11) is 0. The molecule has 8 heteroatoms. The Morgan fingerprint density at radius 2 is 1.90 bits per heavy atom. The average molecular weight is 422 g/mol. The molecule has 0 spiro atoms. The van der Waals surface area contributed by atoms with E-state index < -0.39 is 29.6 Å². The molecular formula is C22H32NO7+. The number of quaternary nitrogens is 1. The lowest BCUT2D eigenvalue weighted by Gasteiger charge is -2.34. The monoisotopic (exact) mass is 422 g/mol. The van der Waals surface area contributed by atoms with Crippen LogP contribution >= 0.6 is 0 Å². The molecule has 8 nitrogen and oxygen atoms in total. The summed E-state index contributed by atoms with van der Waals surface area (Å²) in [4.78, 5) is 39.6. The first-order valence-electron chi connectivity index (χ1n) is 11.6. The highest BCUT2D eigenvalue weighted by atomic mass is 16.6. The molecular weight excluding hydrogens is 390 g/mol. The van der Waals surface area contributed by atoms with Crippen molar-refractivity contribution in [2.45, 2.75) is 63.3 Å². The van der Waals surface area contributed by atoms with Crippen molar-refractivity contribution in [2.24, 2.45) is 23.7 Å². The summed E-state index contributed by atoms with van der Waals surface area (Å²) in [5, 5.41) is 0. The lowest BCUT2D eigenvalue weighted by Crippen LogP contribution is -3.15. The minimum absolute atomic E-state index is 0.0465. The Bertz CT molecular complexity index is 712. The maximum Gasteiger partial charge on any atom is 0.362 e. The van der Waals surface area contributed by atoms with Crippen molar-refractivity contribution >= 4 is 17.9 Å². The average Bonchev–Trinajstić information content (AvgIpc) is 3.47. The third-order valence-electron chi connectivity index (χ3n) is 8.16. The molecule has 5 fully saturated rings. The Morgan fingerprint density at radius 1 is 1.17 bits per heavy atom. The van der Waals surface area contributed by atoms with Crippen molar-refractivity contribution in [1.82, 2.24) is 0 Å². The third kappa shape index (κ3) is 3.32. The van der Waals surface area contributed by atoms with Crippen LogP contribution in [0.1, 0.15) is 45.4 Å². The van der Waals surface area contributed by atoms with Gasteiger partial charge in [-0.1, -0.05) is 6.92 Å². The fourth-order valence-electron chi connectivity index (χ4n) is 6.53. The van der Waals surface area contributed by atoms with E-state index in [0.29, 0.717) is 19.6 Å². The van der Waals surface area contributed by atoms with Crippen molar-refractivity contribution in [1.29, 1.82) is 0 Å². The van der Waals surface area contributed by atoms with Gasteiger partial charge < -0.3 is 23.8 Å². The topological polar surface area (TPSA) is 92.6 Å². The number of hydrogen-bond acceptors (Lipinski definition) is 7. The summed E-state index contributed by atoms with van der Waals surface area (Å²) in [6.45, 7) is 5.17. The van der Waals surface area contributed by atoms with E-state index in [4.69, 9.17) is 18.9 Å². The molecule has 2 aliphatic heterocycles. The Morgan fingerprint density at radius 3 is 2.60 bits per heavy atom. The van der Waals surface area contributed by atoms with Crippen molar-refractivity contribution in [3.05, 3.63) is 0 Å². The highest BCUT2D eigenvalue weighted by molar-refractivity contribution is 5.86. The summed E-state index contributed by atoms with van der Waals surface area (Å²) in [5.41, 5.74) is -0.396. The van der Waals surface area contributed by atoms with Crippen LogP contribution in [-0.2, 0) is 33.3 Å². The van der Waals surface area contributed by atoms with Gasteiger partial charge in [0, 0.05) is 11.8 Å². The third-order valence-corrected chi connectivity index (χ3v) is 8.16. The van der Waals surface area contributed by atoms with E-state index in [0.717, 1.165) is 50.1 Å². The summed E-state index contributed by atoms with van der Waals surface area (Å²) in [6, 6.07) is 0. The largest absolute Gasteiger partial charge is 0.459 e. The van der Waals surface area contributed by atoms with E-state index in [9.17, 15) is 14.4 Å². The summed E-state index contributed by atoms with van der Waals surface area (Å²) in [5.74, 6) is -2.16. The van der Waals surface area contributed by atoms with Crippen molar-refractivity contribution in [2.75, 3.05) is 32.8 Å². The molecule has 5 aliphatic rings. The molecule has 2 bridgehead atoms. The van der Waals surface area contributed by atoms with Crippen molar-refractivity contribution < 1.29 is 38.2 Å². The molecule has 166 valence electrons. The fourth-order valence-corrected chi connectivity index (χ4v) is 6.53. The number of rotatable bonds is 6. The molecule has 0 aromatic rings. The van der Waals surface area contributed by atoms with Crippen LogP contribution in [0.3, 0.4) is 0 Å². The van der Waals surface area contributed by atoms with E-state index in [-0.39, 0.29) is 36.3 Å². The number of hydrogen-bond donors (Lipinski definition) is 1. The molecule has 30 heavy (non-hydrogen) atoms. The van der Waals surface area contributed by atoms with Gasteiger partial charge in [-0.15, -0.1) is 0 Å². The van der Waals surface area contributed by atoms with Crippen LogP contribution in [0.15, 0.2) is 0 Å². The van der Waals surface area contributed by atoms with Gasteiger partial charge in [-0.05, 0) is 38.5 Å². The number of fused-ring (bicyclic) bond motifs is 1. The number of carbonyl (C=O) groups is 3. The highest BCUT2D eigenvalue weighted by Crippen LogP contribution is 2.59. The Kier molecular flexibility index (Phi) is 5.25. The lowest BCUT2D eigenvalue weighted by molar-refractivity contribution is -0.900. The first-order valence-corrected chi connectivity index (χ1v) is 11.6. The van der Waals surface area contributed by atoms with Crippen LogP contribution in [0, 0.1) is 23.7 Å². The van der Waals surface area contributed by atoms with E-state index in [1.807, 2.05) is 0 Å². The molecule has 0 radical (unpaired) electrons. The Labute approximate surface area is 176 Å². The predicted octanol–water partition coefficient (Wildman–Crippen LogP) is -0.113. The maximum absolute atomic E-state index is 13.2. The molecule has 0 aromatic carbocycles. The van der Waals surface area contributed by atoms with E-state index in [1.54, 1.807) is 0 Å². The number of morpholine rings is 1. The minimum Gasteiger partial charge on any atom is -0.459 e. The van der Waals surface area contributed by atoms with Crippen LogP contribution in [0.5, 0.6) is 0 Å². The zero-order valence-corrected chi connectivity index (χ0v) is 17.6. The Balaban J connectivity index is 1.28. The van der Waals surface area contributed by atoms with Crippen molar-refractivity contribution in [3.8, 4) is 0 Å². The number of ether oxygens (including phenoxy) is 4. The molecule has 2 saturated heterocycles. The quantitative estimate of drug-likeness (QED) is 0.472. The normalized spacial score (nSPS) is 39.2. The minimum atomic E-state index is -0.557. The zero-order chi connectivity index (χ0) is 20.9. The molecule has 5 rings (SSSR count). The second kappa shape index (κ2) is 7.79. The zero-order valence-electron chi connectivity index (χ0n) is 17.6. The van der Waals surface area contributed by atoms with Gasteiger partial charge in [-0.25, -0.2) is 4.79 Å².